The Kier molecular flexibility index (Phi) is 25.3. The van der Waals surface area contributed by atoms with E-state index in [-0.39, 0.29) is 86.2 Å². The molecule has 12 heteroatoms. The molecule has 0 unspecified atom stereocenters. The van der Waals surface area contributed by atoms with Gasteiger partial charge in [0.05, 0.1) is 0 Å². The highest BCUT2D eigenvalue weighted by molar-refractivity contribution is 5.70. The Balaban J connectivity index is 0.974. The zero-order valence-electron chi connectivity index (χ0n) is 83.2. The number of aromatic hydroxyl groups is 12. The van der Waals surface area contributed by atoms with E-state index < -0.39 is 34.5 Å². The number of hydrogen-bond acceptors (Lipinski definition) is 12. The maximum atomic E-state index is 13.3. The zero-order valence-corrected chi connectivity index (χ0v) is 83.2. The molecule has 2 aliphatic carbocycles. The second-order valence-corrected chi connectivity index (χ2v) is 41.2. The Hall–Kier alpha value is -11.8. The quantitative estimate of drug-likeness (QED) is 0.0359. The standard InChI is InChI=1S/C119H140O12/c1-55-39-85(51-97(113(55)128)101(89-43-59(5)105(120)75(21)67(89)13)90-44-60(6)106(121)76(22)68(90)14)118(86-40-56(2)114(129)98(52-86)102(91-45-61(7)107(122)77(23)69(91)15)92-46-62(8)108(123)78(24)70(92)16)35-31-83(32-36-118)117(29,30)84-33-37-119(38-34-84,87-41-57(3)115(130)99(53-87)103(93-47-63(9)109(124)79(25)71(93)17)94-48-64(10)110(125)80(26)72(94)18)88-42-58(4)116(131)100(54-88)104(95-49-65(11)111(126)81(27)73(95)19)96-50-66(12)112(127)82(28)74(96)20/h39-54,83-84,101-104,120-131H,31-38H2,1-30H3. The summed E-state index contributed by atoms with van der Waals surface area (Å²) >= 11 is 0. The molecule has 0 aromatic heterocycles. The molecule has 14 rings (SSSR count). The van der Waals surface area contributed by atoms with Crippen LogP contribution in [0, 0.1) is 211 Å². The van der Waals surface area contributed by atoms with Crippen LogP contribution in [0.3, 0.4) is 0 Å². The minimum atomic E-state index is -0.780. The molecule has 2 saturated carbocycles. The van der Waals surface area contributed by atoms with Gasteiger partial charge in [-0.1, -0.05) is 111 Å². The Labute approximate surface area is 778 Å². The van der Waals surface area contributed by atoms with E-state index in [1.807, 2.05) is 194 Å². The van der Waals surface area contributed by atoms with Crippen molar-refractivity contribution in [3.05, 3.63) is 342 Å². The lowest BCUT2D eigenvalue weighted by Crippen LogP contribution is -2.43. The van der Waals surface area contributed by atoms with Crippen molar-refractivity contribution in [2.45, 2.75) is 294 Å². The summed E-state index contributed by atoms with van der Waals surface area (Å²) in [6.45, 7) is 60.3. The monoisotopic (exact) mass is 1760 g/mol. The highest BCUT2D eigenvalue weighted by atomic mass is 16.3. The summed E-state index contributed by atoms with van der Waals surface area (Å²) < 4.78 is 0. The molecular weight excluding hydrogens is 1620 g/mol. The van der Waals surface area contributed by atoms with Crippen molar-refractivity contribution < 1.29 is 61.3 Å². The minimum Gasteiger partial charge on any atom is -0.507 e. The summed E-state index contributed by atoms with van der Waals surface area (Å²) in [6.07, 6.45) is 5.87. The van der Waals surface area contributed by atoms with Crippen LogP contribution in [-0.2, 0) is 10.8 Å². The van der Waals surface area contributed by atoms with Gasteiger partial charge in [0.1, 0.15) is 69.0 Å². The smallest absolute Gasteiger partial charge is 0.122 e. The van der Waals surface area contributed by atoms with Gasteiger partial charge in [-0.05, 0) is 485 Å². The average Bonchev–Trinajstić information content (AvgIpc) is 0.722. The highest BCUT2D eigenvalue weighted by Crippen LogP contribution is 2.62. The van der Waals surface area contributed by atoms with Crippen LogP contribution in [0.2, 0.25) is 0 Å². The maximum Gasteiger partial charge on any atom is 0.122 e. The van der Waals surface area contributed by atoms with E-state index >= 15 is 0 Å². The highest BCUT2D eigenvalue weighted by Gasteiger charge is 2.51. The van der Waals surface area contributed by atoms with Gasteiger partial charge in [0.15, 0.2) is 0 Å². The van der Waals surface area contributed by atoms with Crippen molar-refractivity contribution in [3.8, 4) is 69.0 Å². The van der Waals surface area contributed by atoms with Crippen molar-refractivity contribution in [1.82, 2.24) is 0 Å². The zero-order chi connectivity index (χ0) is 96.3. The fourth-order valence-corrected chi connectivity index (χ4v) is 24.0. The Morgan fingerprint density at radius 2 is 0.313 bits per heavy atom. The predicted octanol–water partition coefficient (Wildman–Crippen LogP) is 28.2. The topological polar surface area (TPSA) is 243 Å². The van der Waals surface area contributed by atoms with E-state index in [1.54, 1.807) is 0 Å². The van der Waals surface area contributed by atoms with Crippen LogP contribution >= 0.6 is 0 Å². The van der Waals surface area contributed by atoms with Gasteiger partial charge in [-0.25, -0.2) is 0 Å². The van der Waals surface area contributed by atoms with Gasteiger partial charge in [0.25, 0.3) is 0 Å². The first kappa shape index (κ1) is 95.3. The van der Waals surface area contributed by atoms with Crippen molar-refractivity contribution in [2.75, 3.05) is 0 Å². The lowest BCUT2D eigenvalue weighted by atomic mass is 9.52. The van der Waals surface area contributed by atoms with E-state index in [1.165, 1.54) is 0 Å². The molecule has 0 spiro atoms. The van der Waals surface area contributed by atoms with Gasteiger partial charge >= 0.3 is 0 Å². The summed E-state index contributed by atoms with van der Waals surface area (Å²) in [5.41, 5.74) is 33.8. The first-order valence-electron chi connectivity index (χ1n) is 47.0. The van der Waals surface area contributed by atoms with Crippen LogP contribution in [0.1, 0.15) is 334 Å². The maximum absolute atomic E-state index is 13.3. The third-order valence-corrected chi connectivity index (χ3v) is 33.8. The molecule has 0 saturated heterocycles. The van der Waals surface area contributed by atoms with Crippen LogP contribution in [-0.4, -0.2) is 61.3 Å². The van der Waals surface area contributed by atoms with Crippen molar-refractivity contribution in [2.24, 2.45) is 17.3 Å². The van der Waals surface area contributed by atoms with Crippen LogP contribution in [0.5, 0.6) is 69.0 Å². The normalized spacial score (nSPS) is 14.5. The lowest BCUT2D eigenvalue weighted by molar-refractivity contribution is 0.0364. The number of benzene rings is 12. The van der Waals surface area contributed by atoms with E-state index in [0.717, 1.165) is 181 Å². The lowest BCUT2D eigenvalue weighted by Gasteiger charge is -2.52. The van der Waals surface area contributed by atoms with Crippen LogP contribution in [0.4, 0.5) is 0 Å². The first-order valence-corrected chi connectivity index (χ1v) is 47.0. The van der Waals surface area contributed by atoms with Crippen LogP contribution in [0.25, 0.3) is 0 Å². The van der Waals surface area contributed by atoms with Crippen molar-refractivity contribution >= 4 is 0 Å². The largest absolute Gasteiger partial charge is 0.507 e. The molecule has 12 nitrogen and oxygen atoms in total. The molecule has 2 aliphatic rings. The Morgan fingerprint density at radius 3 is 0.450 bits per heavy atom. The van der Waals surface area contributed by atoms with Gasteiger partial charge < -0.3 is 61.3 Å². The van der Waals surface area contributed by atoms with Crippen molar-refractivity contribution in [3.63, 3.8) is 0 Å². The molecule has 12 N–H and O–H groups in total. The predicted molar refractivity (Wildman–Crippen MR) is 533 cm³/mol. The Bertz CT molecular complexity index is 5690. The summed E-state index contributed by atoms with van der Waals surface area (Å²) in [5.74, 6) is 0.347. The van der Waals surface area contributed by atoms with Gasteiger partial charge in [0, 0.05) is 56.8 Å². The van der Waals surface area contributed by atoms with E-state index in [2.05, 4.69) is 111 Å². The Morgan fingerprint density at radius 1 is 0.183 bits per heavy atom. The molecule has 0 radical (unpaired) electrons. The van der Waals surface area contributed by atoms with Gasteiger partial charge in [-0.3, -0.25) is 0 Å². The van der Waals surface area contributed by atoms with Crippen LogP contribution < -0.4 is 0 Å². The first-order chi connectivity index (χ1) is 61.3. The molecule has 0 heterocycles. The molecule has 2 fully saturated rings. The molecule has 0 aliphatic heterocycles. The molecule has 0 bridgehead atoms. The summed E-state index contributed by atoms with van der Waals surface area (Å²) in [5, 5.41) is 147. The second kappa shape index (κ2) is 34.8. The molecule has 0 amide bonds. The average molecular weight is 1760 g/mol. The minimum absolute atomic E-state index is 0.148. The van der Waals surface area contributed by atoms with E-state index in [0.29, 0.717) is 115 Å². The summed E-state index contributed by atoms with van der Waals surface area (Å²) in [4.78, 5) is 0. The number of hydrogen-bond donors (Lipinski definition) is 12. The molecule has 131 heavy (non-hydrogen) atoms. The molecular formula is C119H140O12. The fraction of sp³-hybridized carbons (Fsp3) is 0.395. The molecule has 688 valence electrons. The molecule has 12 aromatic carbocycles. The van der Waals surface area contributed by atoms with Crippen LogP contribution in [0.15, 0.2) is 97.1 Å². The third-order valence-electron chi connectivity index (χ3n) is 33.8. The van der Waals surface area contributed by atoms with E-state index in [9.17, 15) is 61.3 Å². The molecule has 0 atom stereocenters. The number of phenolic OH excluding ortho intramolecular Hbond substituents is 12. The summed E-state index contributed by atoms with van der Waals surface area (Å²) in [6, 6.07) is 34.2. The van der Waals surface area contributed by atoms with E-state index in [4.69, 9.17) is 0 Å². The van der Waals surface area contributed by atoms with Crippen molar-refractivity contribution in [1.29, 1.82) is 0 Å². The second-order valence-electron chi connectivity index (χ2n) is 41.2. The van der Waals surface area contributed by atoms with Gasteiger partial charge in [-0.15, -0.1) is 0 Å². The molecule has 12 aromatic rings. The number of phenols is 12. The number of aryl methyl sites for hydroxylation is 12. The number of rotatable bonds is 18. The SMILES string of the molecule is Cc1cc(C2(c3cc(C)c(O)c(C(c4cc(C)c(O)c(C)c4C)c4cc(C)c(O)c(C)c4C)c3)CCC(C(C)(C)C3CCC(c4cc(C)c(O)c(C(c5cc(C)c(O)c(C)c5C)c5cc(C)c(O)c(C)c5C)c4)(c4cc(C)c(O)c(C(c5cc(C)c(O)c(C)c5C)c5cc(C)c(O)c(C)c5C)c4)CC3)CC2)cc(C(c2cc(C)c(O)c(C)c2C)c2cc(C)c(O)c(C)c2C)c1O. The van der Waals surface area contributed by atoms with Gasteiger partial charge in [-0.2, -0.15) is 0 Å². The fourth-order valence-electron chi connectivity index (χ4n) is 24.0. The third kappa shape index (κ3) is 15.6. The van der Waals surface area contributed by atoms with Gasteiger partial charge in [0.2, 0.25) is 0 Å². The summed E-state index contributed by atoms with van der Waals surface area (Å²) in [7, 11) is 0.